The number of hydrogen-bond donors (Lipinski definition) is 0. The van der Waals surface area contributed by atoms with Crippen LogP contribution in [-0.4, -0.2) is 22.2 Å². The second-order valence-corrected chi connectivity index (χ2v) is 27.5. The van der Waals surface area contributed by atoms with E-state index in [1.807, 2.05) is 57.2 Å². The Morgan fingerprint density at radius 2 is 1.08 bits per heavy atom. The van der Waals surface area contributed by atoms with Crippen molar-refractivity contribution in [2.24, 2.45) is 0 Å². The summed E-state index contributed by atoms with van der Waals surface area (Å²) in [5.74, 6) is 0.381. The van der Waals surface area contributed by atoms with E-state index in [0.717, 1.165) is 16.5 Å². The predicted octanol–water partition coefficient (Wildman–Crippen LogP) is 16.5. The molecule has 0 aliphatic carbocycles. The summed E-state index contributed by atoms with van der Waals surface area (Å²) in [4.78, 5) is 4.71. The average Bonchev–Trinajstić information content (AvgIpc) is 1.16. The molecule has 0 bridgehead atoms. The standard InChI is InChI=1S/C79H70N4OSi.Pt/c1-54-44-75(80-52-69(54)55-28-15-11-16-29-55)83-70-39-24-23-38-66(70)67-43-42-62(51-73(67)83)84-61-31-27-30-60(50-61)81-53-82(72-41-26-25-40-71(72)81)76-68(56-45-57(77(2,3)4)47-58(46-56)78(5,6)7)48-59(79(8,9)10)49-74(76)85(63-32-17-12-18-33-63,64-34-19-13-20-35-64)65-36-21-14-22-37-65;/h11-49,52H,1-10H3;/q-2;/i1D3,11D,12D,13D,14D,15D,16D,17D,18D,19D,20D,21D,22D,28D,29D,32D,33D,34D,35D,36D,37D;. The number of benzene rings is 10. The fraction of sp³-hybridized carbons (Fsp3) is 0.165. The van der Waals surface area contributed by atoms with E-state index in [9.17, 15) is 16.4 Å². The van der Waals surface area contributed by atoms with E-state index in [1.165, 1.54) is 12.3 Å². The third-order valence-corrected chi connectivity index (χ3v) is 19.6. The Morgan fingerprint density at radius 3 is 1.69 bits per heavy atom. The van der Waals surface area contributed by atoms with Gasteiger partial charge in [-0.05, 0) is 106 Å². The van der Waals surface area contributed by atoms with Gasteiger partial charge >= 0.3 is 0 Å². The monoisotopic (exact) mass is 1340 g/mol. The number of nitrogens with zero attached hydrogens (tertiary/aromatic N) is 4. The van der Waals surface area contributed by atoms with Gasteiger partial charge in [-0.3, -0.25) is 4.57 Å². The predicted molar refractivity (Wildman–Crippen MR) is 355 cm³/mol. The third kappa shape index (κ3) is 10.5. The number of aromatic nitrogens is 4. The third-order valence-electron chi connectivity index (χ3n) is 15.4. The molecule has 86 heavy (non-hydrogen) atoms. The Morgan fingerprint density at radius 1 is 0.523 bits per heavy atom. The van der Waals surface area contributed by atoms with Gasteiger partial charge in [-0.1, -0.05) is 261 Å². The van der Waals surface area contributed by atoms with Crippen molar-refractivity contribution in [2.75, 3.05) is 0 Å². The molecule has 428 valence electrons. The summed E-state index contributed by atoms with van der Waals surface area (Å²) >= 11 is 0. The van der Waals surface area contributed by atoms with Crippen molar-refractivity contribution in [1.82, 2.24) is 14.1 Å². The Balaban J connectivity index is 0.0000111. The summed E-state index contributed by atoms with van der Waals surface area (Å²) < 4.78 is 226. The number of ether oxygens (including phenoxy) is 1. The van der Waals surface area contributed by atoms with Gasteiger partial charge in [0.15, 0.2) is 8.07 Å². The maximum atomic E-state index is 10.2. The molecule has 0 aliphatic rings. The Kier molecular flexibility index (Phi) is 9.57. The van der Waals surface area contributed by atoms with Gasteiger partial charge in [0, 0.05) is 54.0 Å². The Hall–Kier alpha value is -8.67. The van der Waals surface area contributed by atoms with E-state index in [-0.39, 0.29) is 65.9 Å². The molecular weight excluding hydrogens is 1240 g/mol. The fourth-order valence-electron chi connectivity index (χ4n) is 11.0. The van der Waals surface area contributed by atoms with Crippen LogP contribution in [0.4, 0.5) is 0 Å². The average molecular weight is 1340 g/mol. The summed E-state index contributed by atoms with van der Waals surface area (Å²) in [6.45, 7) is 15.2. The molecule has 0 spiro atoms. The van der Waals surface area contributed by atoms with Gasteiger partial charge in [-0.2, -0.15) is 18.2 Å². The molecule has 0 unspecified atom stereocenters. The van der Waals surface area contributed by atoms with E-state index < -0.39 is 168 Å². The van der Waals surface area contributed by atoms with Crippen molar-refractivity contribution in [3.63, 3.8) is 0 Å². The Labute approximate surface area is 554 Å². The van der Waals surface area contributed by atoms with Gasteiger partial charge in [0.05, 0.1) is 44.1 Å². The molecule has 7 heteroatoms. The van der Waals surface area contributed by atoms with E-state index in [0.29, 0.717) is 49.8 Å². The number of aryl methyl sites for hydroxylation is 1. The summed E-state index contributed by atoms with van der Waals surface area (Å²) in [7, 11) is -5.97. The quantitative estimate of drug-likeness (QED) is 0.0560. The minimum Gasteiger partial charge on any atom is -0.510 e. The molecule has 3 heterocycles. The van der Waals surface area contributed by atoms with Gasteiger partial charge in [-0.25, -0.2) is 4.98 Å². The zero-order valence-corrected chi connectivity index (χ0v) is 51.8. The zero-order chi connectivity index (χ0) is 78.7. The maximum Gasteiger partial charge on any atom is 0.268 e. The molecule has 0 saturated heterocycles. The summed E-state index contributed by atoms with van der Waals surface area (Å²) in [5.41, 5.74) is 2.42. The van der Waals surface area contributed by atoms with Crippen LogP contribution in [-0.2, 0) is 37.3 Å². The van der Waals surface area contributed by atoms with Crippen LogP contribution in [0, 0.1) is 25.3 Å². The fourth-order valence-corrected chi connectivity index (χ4v) is 15.1. The summed E-state index contributed by atoms with van der Waals surface area (Å²) in [6, 6.07) is 24.0. The second kappa shape index (κ2) is 22.6. The van der Waals surface area contributed by atoms with Crippen LogP contribution in [0.3, 0.4) is 0 Å². The Bertz CT molecular complexity index is 5690. The second-order valence-electron chi connectivity index (χ2n) is 24.0. The molecule has 0 N–H and O–H groups in total. The number of rotatable bonds is 11. The van der Waals surface area contributed by atoms with E-state index in [1.54, 1.807) is 80.4 Å². The van der Waals surface area contributed by atoms with Gasteiger partial charge < -0.3 is 13.9 Å². The molecule has 5 nitrogen and oxygen atoms in total. The van der Waals surface area contributed by atoms with Crippen molar-refractivity contribution >= 4 is 61.7 Å². The number of imidazole rings is 1. The smallest absolute Gasteiger partial charge is 0.268 e. The van der Waals surface area contributed by atoms with Gasteiger partial charge in [0.25, 0.3) is 6.33 Å². The van der Waals surface area contributed by atoms with Crippen molar-refractivity contribution in [2.45, 2.75) is 85.4 Å². The summed E-state index contributed by atoms with van der Waals surface area (Å²) in [5, 5.41) is -0.717. The molecule has 0 aliphatic heterocycles. The first-order chi connectivity index (χ1) is 50.4. The van der Waals surface area contributed by atoms with Crippen molar-refractivity contribution in [3.8, 4) is 50.9 Å². The molecule has 13 aromatic rings. The number of hydrogen-bond acceptors (Lipinski definition) is 2. The first kappa shape index (κ1) is 36.3. The van der Waals surface area contributed by atoms with Crippen molar-refractivity contribution in [3.05, 3.63) is 283 Å². The van der Waals surface area contributed by atoms with E-state index in [2.05, 4.69) is 66.1 Å². The minimum absolute atomic E-state index is 0. The number of fused-ring (bicyclic) bond motifs is 4. The van der Waals surface area contributed by atoms with Crippen LogP contribution in [0.15, 0.2) is 242 Å². The number of para-hydroxylation sites is 3. The molecule has 3 aromatic heterocycles. The molecule has 10 aromatic carbocycles. The number of pyridine rings is 1. The van der Waals surface area contributed by atoms with Crippen molar-refractivity contribution < 1.29 is 61.9 Å². The van der Waals surface area contributed by atoms with Crippen LogP contribution < -0.4 is 30.1 Å². The van der Waals surface area contributed by atoms with Gasteiger partial charge in [0.1, 0.15) is 5.82 Å². The topological polar surface area (TPSA) is 35.9 Å². The van der Waals surface area contributed by atoms with Crippen molar-refractivity contribution in [1.29, 1.82) is 0 Å². The normalized spacial score (nSPS) is 16.1. The van der Waals surface area contributed by atoms with Crippen LogP contribution >= 0.6 is 0 Å². The molecule has 13 rings (SSSR count). The molecule has 0 atom stereocenters. The van der Waals surface area contributed by atoms with Gasteiger partial charge in [-0.15, -0.1) is 29.7 Å². The molecule has 0 radical (unpaired) electrons. The molecule has 0 saturated carbocycles. The summed E-state index contributed by atoms with van der Waals surface area (Å²) in [6.07, 6.45) is 4.79. The largest absolute Gasteiger partial charge is 0.510 e. The molecule has 0 fully saturated rings. The SMILES string of the molecule is [2H]c1c([2H])c([2H])c(-c2cnc(-n3c4[c-]c(Oc5[c-]c(-n6[c-][n+](-c7c(-c8cc(C(C)(C)C)cc(C(C)(C)C)c8)cc(C(C)(C)C)cc7[Si](c7c([2H])c([2H])c([2H])c([2H])c7[2H])(c7c([2H])c([2H])c([2H])c([2H])c7[2H])c7c([2H])c([2H])c([2H])c([2H])c7[2H])c7ccccc76)ccc5)ccc4c4ccccc43)cc2C([2H])([2H])[2H])c([2H])c1[2H].[Pt]. The minimum atomic E-state index is -5.97. The van der Waals surface area contributed by atoms with Crippen LogP contribution in [0.25, 0.3) is 72.3 Å². The first-order valence-electron chi connectivity index (χ1n) is 39.2. The van der Waals surface area contributed by atoms with E-state index >= 15 is 0 Å². The van der Waals surface area contributed by atoms with Crippen LogP contribution in [0.1, 0.15) is 116 Å². The molecule has 0 amide bonds. The first-order valence-corrected chi connectivity index (χ1v) is 29.7. The van der Waals surface area contributed by atoms with Gasteiger partial charge in [0.2, 0.25) is 0 Å². The zero-order valence-electron chi connectivity index (χ0n) is 71.6. The van der Waals surface area contributed by atoms with Crippen LogP contribution in [0.2, 0.25) is 0 Å². The van der Waals surface area contributed by atoms with Crippen LogP contribution in [0.5, 0.6) is 11.5 Å². The molecular formula is C79H70N4OPtSi-2. The van der Waals surface area contributed by atoms with E-state index in [4.69, 9.17) is 24.8 Å². The maximum absolute atomic E-state index is 10.2.